The average molecular weight is 312 g/mol. The van der Waals surface area contributed by atoms with Crippen LogP contribution < -0.4 is 9.47 Å². The van der Waals surface area contributed by atoms with Gasteiger partial charge in [-0.3, -0.25) is 0 Å². The third-order valence-electron chi connectivity index (χ3n) is 2.50. The Morgan fingerprint density at radius 2 is 2.19 bits per heavy atom. The average Bonchev–Trinajstić information content (AvgIpc) is 2.43. The molecule has 2 aromatic rings. The topological polar surface area (TPSA) is 68.7 Å². The molecule has 0 unspecified atom stereocenters. The van der Waals surface area contributed by atoms with Gasteiger partial charge in [0.05, 0.1) is 5.02 Å². The van der Waals surface area contributed by atoms with Gasteiger partial charge in [-0.2, -0.15) is 0 Å². The van der Waals surface area contributed by atoms with Gasteiger partial charge in [-0.05, 0) is 36.8 Å². The van der Waals surface area contributed by atoms with Gasteiger partial charge >= 0.3 is 5.97 Å². The predicted octanol–water partition coefficient (Wildman–Crippen LogP) is 3.44. The zero-order chi connectivity index (χ0) is 15.4. The van der Waals surface area contributed by atoms with Crippen LogP contribution in [0.15, 0.2) is 30.5 Å². The Morgan fingerprint density at radius 3 is 2.90 bits per heavy atom. The third kappa shape index (κ3) is 3.82. The Morgan fingerprint density at radius 1 is 1.43 bits per heavy atom. The van der Waals surface area contributed by atoms with E-state index in [-0.39, 0.29) is 22.4 Å². The molecule has 110 valence electrons. The molecule has 1 aromatic heterocycles. The van der Waals surface area contributed by atoms with E-state index in [0.717, 1.165) is 6.07 Å². The molecule has 1 N–H and O–H groups in total. The Bertz CT molecular complexity index is 678. The van der Waals surface area contributed by atoms with E-state index in [1.54, 1.807) is 19.1 Å². The second-order valence-electron chi connectivity index (χ2n) is 4.12. The smallest absolute Gasteiger partial charge is 0.341 e. The highest BCUT2D eigenvalue weighted by Crippen LogP contribution is 2.35. The number of pyridine rings is 1. The first-order valence-corrected chi connectivity index (χ1v) is 6.28. The van der Waals surface area contributed by atoms with Gasteiger partial charge in [-0.1, -0.05) is 11.6 Å². The lowest BCUT2D eigenvalue weighted by atomic mass is 10.2. The summed E-state index contributed by atoms with van der Waals surface area (Å²) in [5.41, 5.74) is 0.367. The van der Waals surface area contributed by atoms with Crippen molar-refractivity contribution in [2.24, 2.45) is 0 Å². The number of ether oxygens (including phenoxy) is 2. The van der Waals surface area contributed by atoms with Gasteiger partial charge in [0.25, 0.3) is 5.88 Å². The minimum absolute atomic E-state index is 0.0120. The maximum absolute atomic E-state index is 13.3. The Hall–Kier alpha value is -2.34. The summed E-state index contributed by atoms with van der Waals surface area (Å²) in [6.45, 7) is 1.02. The molecule has 0 saturated carbocycles. The fourth-order valence-electron chi connectivity index (χ4n) is 1.52. The minimum atomic E-state index is -1.14. The van der Waals surface area contributed by atoms with E-state index in [0.29, 0.717) is 5.56 Å². The summed E-state index contributed by atoms with van der Waals surface area (Å²) in [5, 5.41) is 8.70. The molecular weight excluding hydrogens is 301 g/mol. The van der Waals surface area contributed by atoms with E-state index in [4.69, 9.17) is 26.2 Å². The number of benzene rings is 1. The molecule has 0 aliphatic heterocycles. The van der Waals surface area contributed by atoms with E-state index in [2.05, 4.69) is 4.98 Å². The van der Waals surface area contributed by atoms with Gasteiger partial charge in [-0.15, -0.1) is 0 Å². The number of carboxylic acids is 1. The van der Waals surface area contributed by atoms with Crippen molar-refractivity contribution in [3.05, 3.63) is 46.9 Å². The third-order valence-corrected chi connectivity index (χ3v) is 2.80. The summed E-state index contributed by atoms with van der Waals surface area (Å²) in [4.78, 5) is 14.4. The van der Waals surface area contributed by atoms with Gasteiger partial charge in [-0.25, -0.2) is 14.2 Å². The standard InChI is InChI=1S/C14H11ClFNO4/c1-8-5-12(9(15)6-10(8)16)21-11-3-2-4-17-14(11)20-7-13(18)19/h2-6H,7H2,1H3,(H,18,19). The summed E-state index contributed by atoms with van der Waals surface area (Å²) in [5.74, 6) is -1.16. The van der Waals surface area contributed by atoms with Crippen LogP contribution in [0.25, 0.3) is 0 Å². The number of carbonyl (C=O) groups is 1. The molecule has 0 radical (unpaired) electrons. The fraction of sp³-hybridized carbons (Fsp3) is 0.143. The number of hydrogen-bond acceptors (Lipinski definition) is 4. The Balaban J connectivity index is 2.27. The van der Waals surface area contributed by atoms with Crippen molar-refractivity contribution in [1.82, 2.24) is 4.98 Å². The molecule has 7 heteroatoms. The first kappa shape index (κ1) is 15.1. The molecule has 1 aromatic carbocycles. The van der Waals surface area contributed by atoms with Crippen molar-refractivity contribution in [2.45, 2.75) is 6.92 Å². The van der Waals surface area contributed by atoms with Crippen LogP contribution in [0, 0.1) is 12.7 Å². The quantitative estimate of drug-likeness (QED) is 0.916. The highest BCUT2D eigenvalue weighted by molar-refractivity contribution is 6.32. The SMILES string of the molecule is Cc1cc(Oc2cccnc2OCC(=O)O)c(Cl)cc1F. The molecule has 1 heterocycles. The number of aryl methyl sites for hydroxylation is 1. The Kier molecular flexibility index (Phi) is 4.59. The van der Waals surface area contributed by atoms with Crippen LogP contribution in [0.1, 0.15) is 5.56 Å². The van der Waals surface area contributed by atoms with Crippen molar-refractivity contribution >= 4 is 17.6 Å². The summed E-state index contributed by atoms with van der Waals surface area (Å²) < 4.78 is 23.9. The maximum atomic E-state index is 13.3. The zero-order valence-corrected chi connectivity index (χ0v) is 11.7. The summed E-state index contributed by atoms with van der Waals surface area (Å²) in [7, 11) is 0. The van der Waals surface area contributed by atoms with Crippen LogP contribution in [-0.4, -0.2) is 22.7 Å². The van der Waals surface area contributed by atoms with Crippen molar-refractivity contribution < 1.29 is 23.8 Å². The lowest BCUT2D eigenvalue weighted by Gasteiger charge is -2.12. The van der Waals surface area contributed by atoms with E-state index < -0.39 is 18.4 Å². The summed E-state index contributed by atoms with van der Waals surface area (Å²) >= 11 is 5.91. The van der Waals surface area contributed by atoms with Crippen LogP contribution in [0.4, 0.5) is 4.39 Å². The second kappa shape index (κ2) is 6.41. The number of rotatable bonds is 5. The van der Waals surface area contributed by atoms with Crippen molar-refractivity contribution in [1.29, 1.82) is 0 Å². The number of carboxylic acid groups (broad SMARTS) is 1. The van der Waals surface area contributed by atoms with Crippen LogP contribution in [0.3, 0.4) is 0 Å². The van der Waals surface area contributed by atoms with Gasteiger partial charge in [0.15, 0.2) is 12.4 Å². The van der Waals surface area contributed by atoms with Crippen LogP contribution in [0.5, 0.6) is 17.4 Å². The molecule has 0 spiro atoms. The van der Waals surface area contributed by atoms with E-state index >= 15 is 0 Å². The lowest BCUT2D eigenvalue weighted by molar-refractivity contribution is -0.139. The second-order valence-corrected chi connectivity index (χ2v) is 4.53. The van der Waals surface area contributed by atoms with Gasteiger partial charge in [0.1, 0.15) is 11.6 Å². The van der Waals surface area contributed by atoms with Gasteiger partial charge in [0.2, 0.25) is 0 Å². The molecule has 0 aliphatic rings. The number of aromatic nitrogens is 1. The van der Waals surface area contributed by atoms with E-state index in [1.807, 2.05) is 0 Å². The molecule has 0 bridgehead atoms. The molecule has 2 rings (SSSR count). The van der Waals surface area contributed by atoms with Crippen molar-refractivity contribution in [3.8, 4) is 17.4 Å². The highest BCUT2D eigenvalue weighted by atomic mass is 35.5. The molecule has 0 amide bonds. The number of halogens is 2. The molecule has 0 fully saturated rings. The number of hydrogen-bond donors (Lipinski definition) is 1. The highest BCUT2D eigenvalue weighted by Gasteiger charge is 2.13. The van der Waals surface area contributed by atoms with E-state index in [1.165, 1.54) is 12.3 Å². The predicted molar refractivity (Wildman–Crippen MR) is 73.6 cm³/mol. The van der Waals surface area contributed by atoms with Crippen LogP contribution in [-0.2, 0) is 4.79 Å². The van der Waals surface area contributed by atoms with Crippen LogP contribution >= 0.6 is 11.6 Å². The first-order valence-electron chi connectivity index (χ1n) is 5.90. The molecule has 5 nitrogen and oxygen atoms in total. The first-order chi connectivity index (χ1) is 9.97. The van der Waals surface area contributed by atoms with Gasteiger partial charge in [0, 0.05) is 6.20 Å². The Labute approximate surface area is 124 Å². The molecular formula is C14H11ClFNO4. The van der Waals surface area contributed by atoms with Crippen molar-refractivity contribution in [2.75, 3.05) is 6.61 Å². The maximum Gasteiger partial charge on any atom is 0.341 e. The summed E-state index contributed by atoms with van der Waals surface area (Å²) in [6.07, 6.45) is 1.43. The van der Waals surface area contributed by atoms with Gasteiger partial charge < -0.3 is 14.6 Å². The molecule has 21 heavy (non-hydrogen) atoms. The zero-order valence-electron chi connectivity index (χ0n) is 11.0. The largest absolute Gasteiger partial charge is 0.479 e. The number of nitrogens with zero attached hydrogens (tertiary/aromatic N) is 1. The number of aliphatic carboxylic acids is 1. The van der Waals surface area contributed by atoms with Crippen LogP contribution in [0.2, 0.25) is 5.02 Å². The lowest BCUT2D eigenvalue weighted by Crippen LogP contribution is -2.10. The van der Waals surface area contributed by atoms with Crippen molar-refractivity contribution in [3.63, 3.8) is 0 Å². The van der Waals surface area contributed by atoms with E-state index in [9.17, 15) is 9.18 Å². The monoisotopic (exact) mass is 311 g/mol. The fourth-order valence-corrected chi connectivity index (χ4v) is 1.71. The molecule has 0 atom stereocenters. The normalized spacial score (nSPS) is 10.2. The summed E-state index contributed by atoms with van der Waals surface area (Å²) in [6, 6.07) is 5.71. The molecule has 0 aliphatic carbocycles. The molecule has 0 saturated heterocycles. The minimum Gasteiger partial charge on any atom is -0.479 e.